The Balaban J connectivity index is 2.00. The zero-order valence-corrected chi connectivity index (χ0v) is 11.0. The molecule has 0 saturated carbocycles. The van der Waals surface area contributed by atoms with Crippen LogP contribution in [0.3, 0.4) is 0 Å². The molecule has 0 aromatic heterocycles. The Morgan fingerprint density at radius 2 is 2.33 bits per heavy atom. The normalized spacial score (nSPS) is 20.5. The van der Waals surface area contributed by atoms with Gasteiger partial charge in [0.15, 0.2) is 0 Å². The summed E-state index contributed by atoms with van der Waals surface area (Å²) in [4.78, 5) is 15.6. The first-order chi connectivity index (χ1) is 8.56. The number of likely N-dealkylation sites (N-methyl/N-ethyl adjacent to an activating group) is 2. The molecular weight excluding hydrogens is 228 g/mol. The van der Waals surface area contributed by atoms with E-state index in [-0.39, 0.29) is 0 Å². The molecule has 1 fully saturated rings. The van der Waals surface area contributed by atoms with Crippen molar-refractivity contribution in [2.45, 2.75) is 19.0 Å². The highest BCUT2D eigenvalue weighted by Gasteiger charge is 2.23. The fourth-order valence-electron chi connectivity index (χ4n) is 2.49. The Kier molecular flexibility index (Phi) is 3.99. The van der Waals surface area contributed by atoms with E-state index < -0.39 is 5.97 Å². The lowest BCUT2D eigenvalue weighted by molar-refractivity contribution is 0.0696. The van der Waals surface area contributed by atoms with Crippen molar-refractivity contribution >= 4 is 5.97 Å². The van der Waals surface area contributed by atoms with Crippen molar-refractivity contribution in [2.75, 3.05) is 27.2 Å². The van der Waals surface area contributed by atoms with Gasteiger partial charge in [0, 0.05) is 19.1 Å². The van der Waals surface area contributed by atoms with E-state index in [0.29, 0.717) is 11.6 Å². The number of carboxylic acids is 1. The van der Waals surface area contributed by atoms with Crippen LogP contribution in [-0.2, 0) is 6.54 Å². The van der Waals surface area contributed by atoms with Gasteiger partial charge in [-0.1, -0.05) is 12.1 Å². The van der Waals surface area contributed by atoms with Crippen molar-refractivity contribution in [2.24, 2.45) is 0 Å². The van der Waals surface area contributed by atoms with Crippen molar-refractivity contribution < 1.29 is 9.90 Å². The molecule has 0 aliphatic carbocycles. The maximum absolute atomic E-state index is 10.9. The number of rotatable bonds is 4. The second-order valence-corrected chi connectivity index (χ2v) is 5.13. The summed E-state index contributed by atoms with van der Waals surface area (Å²) in [6.45, 7) is 3.04. The van der Waals surface area contributed by atoms with E-state index >= 15 is 0 Å². The van der Waals surface area contributed by atoms with Crippen molar-refractivity contribution in [3.63, 3.8) is 0 Å². The molecule has 1 aromatic rings. The summed E-state index contributed by atoms with van der Waals surface area (Å²) in [6.07, 6.45) is 1.19. The lowest BCUT2D eigenvalue weighted by Crippen LogP contribution is -2.33. The van der Waals surface area contributed by atoms with Crippen LogP contribution in [0.2, 0.25) is 0 Å². The molecule has 1 unspecified atom stereocenters. The van der Waals surface area contributed by atoms with Crippen LogP contribution in [0.25, 0.3) is 0 Å². The molecule has 0 spiro atoms. The third-order valence-corrected chi connectivity index (χ3v) is 3.60. The summed E-state index contributed by atoms with van der Waals surface area (Å²) in [5.74, 6) is -0.861. The highest BCUT2D eigenvalue weighted by Crippen LogP contribution is 2.16. The summed E-state index contributed by atoms with van der Waals surface area (Å²) in [5, 5.41) is 8.97. The van der Waals surface area contributed by atoms with Crippen LogP contribution in [0, 0.1) is 0 Å². The number of hydrogen-bond acceptors (Lipinski definition) is 3. The highest BCUT2D eigenvalue weighted by atomic mass is 16.4. The van der Waals surface area contributed by atoms with E-state index in [2.05, 4.69) is 23.9 Å². The summed E-state index contributed by atoms with van der Waals surface area (Å²) in [7, 11) is 4.25. The minimum absolute atomic E-state index is 0.365. The molecule has 1 aliphatic heterocycles. The molecule has 98 valence electrons. The van der Waals surface area contributed by atoms with Gasteiger partial charge in [-0.25, -0.2) is 4.79 Å². The highest BCUT2D eigenvalue weighted by molar-refractivity contribution is 5.87. The average Bonchev–Trinajstić information content (AvgIpc) is 2.76. The van der Waals surface area contributed by atoms with Crippen LogP contribution >= 0.6 is 0 Å². The Hall–Kier alpha value is -1.39. The van der Waals surface area contributed by atoms with Crippen molar-refractivity contribution in [1.82, 2.24) is 9.80 Å². The van der Waals surface area contributed by atoms with Gasteiger partial charge < -0.3 is 10.0 Å². The minimum atomic E-state index is -0.861. The van der Waals surface area contributed by atoms with Gasteiger partial charge in [0.2, 0.25) is 0 Å². The molecule has 2 rings (SSSR count). The Morgan fingerprint density at radius 3 is 2.94 bits per heavy atom. The topological polar surface area (TPSA) is 43.8 Å². The van der Waals surface area contributed by atoms with Gasteiger partial charge in [0.05, 0.1) is 5.56 Å². The van der Waals surface area contributed by atoms with Crippen LogP contribution in [0.15, 0.2) is 24.3 Å². The van der Waals surface area contributed by atoms with Gasteiger partial charge in [0.25, 0.3) is 0 Å². The van der Waals surface area contributed by atoms with Gasteiger partial charge in [0.1, 0.15) is 0 Å². The molecule has 0 radical (unpaired) electrons. The predicted molar refractivity (Wildman–Crippen MR) is 70.8 cm³/mol. The molecule has 1 aromatic carbocycles. The molecular formula is C14H20N2O2. The van der Waals surface area contributed by atoms with Crippen molar-refractivity contribution in [1.29, 1.82) is 0 Å². The summed E-state index contributed by atoms with van der Waals surface area (Å²) in [6, 6.07) is 7.77. The molecule has 1 aliphatic rings. The molecule has 4 nitrogen and oxygen atoms in total. The first kappa shape index (κ1) is 13.1. The van der Waals surface area contributed by atoms with Crippen LogP contribution < -0.4 is 0 Å². The first-order valence-electron chi connectivity index (χ1n) is 6.27. The van der Waals surface area contributed by atoms with Crippen molar-refractivity contribution in [3.8, 4) is 0 Å². The number of aromatic carboxylic acids is 1. The lowest BCUT2D eigenvalue weighted by atomic mass is 10.1. The number of nitrogens with zero attached hydrogens (tertiary/aromatic N) is 2. The number of likely N-dealkylation sites (tertiary alicyclic amines) is 1. The maximum Gasteiger partial charge on any atom is 0.335 e. The molecule has 1 saturated heterocycles. The SMILES string of the molecule is CN1CCC(N(C)Cc2cccc(C(=O)O)c2)C1. The van der Waals surface area contributed by atoms with Crippen LogP contribution in [-0.4, -0.2) is 54.1 Å². The summed E-state index contributed by atoms with van der Waals surface area (Å²) >= 11 is 0. The fraction of sp³-hybridized carbons (Fsp3) is 0.500. The smallest absolute Gasteiger partial charge is 0.335 e. The minimum Gasteiger partial charge on any atom is -0.478 e. The van der Waals surface area contributed by atoms with Gasteiger partial charge >= 0.3 is 5.97 Å². The van der Waals surface area contributed by atoms with Gasteiger partial charge in [-0.05, 0) is 44.8 Å². The average molecular weight is 248 g/mol. The number of benzene rings is 1. The summed E-state index contributed by atoms with van der Waals surface area (Å²) < 4.78 is 0. The zero-order chi connectivity index (χ0) is 13.1. The van der Waals surface area contributed by atoms with Gasteiger partial charge in [-0.3, -0.25) is 4.90 Å². The number of hydrogen-bond donors (Lipinski definition) is 1. The van der Waals surface area contributed by atoms with Crippen LogP contribution in [0.1, 0.15) is 22.3 Å². The standard InChI is InChI=1S/C14H20N2O2/c1-15-7-6-13(10-15)16(2)9-11-4-3-5-12(8-11)14(17)18/h3-5,8,13H,6-7,9-10H2,1-2H3,(H,17,18). The van der Waals surface area contributed by atoms with Gasteiger partial charge in [-0.15, -0.1) is 0 Å². The van der Waals surface area contributed by atoms with E-state index in [1.165, 1.54) is 6.42 Å². The molecule has 4 heteroatoms. The fourth-order valence-corrected chi connectivity index (χ4v) is 2.49. The van der Waals surface area contributed by atoms with E-state index in [1.807, 2.05) is 12.1 Å². The van der Waals surface area contributed by atoms with E-state index in [9.17, 15) is 4.79 Å². The van der Waals surface area contributed by atoms with E-state index in [4.69, 9.17) is 5.11 Å². The quantitative estimate of drug-likeness (QED) is 0.877. The Bertz CT molecular complexity index is 434. The monoisotopic (exact) mass is 248 g/mol. The summed E-state index contributed by atoms with van der Waals surface area (Å²) in [5.41, 5.74) is 1.43. The first-order valence-corrected chi connectivity index (χ1v) is 6.27. The second-order valence-electron chi connectivity index (χ2n) is 5.13. The Morgan fingerprint density at radius 1 is 1.56 bits per heavy atom. The molecule has 18 heavy (non-hydrogen) atoms. The third kappa shape index (κ3) is 3.09. The second kappa shape index (κ2) is 5.50. The molecule has 0 amide bonds. The van der Waals surface area contributed by atoms with Crippen LogP contribution in [0.5, 0.6) is 0 Å². The maximum atomic E-state index is 10.9. The van der Waals surface area contributed by atoms with Gasteiger partial charge in [-0.2, -0.15) is 0 Å². The van der Waals surface area contributed by atoms with E-state index in [1.54, 1.807) is 12.1 Å². The molecule has 1 N–H and O–H groups in total. The molecule has 1 heterocycles. The van der Waals surface area contributed by atoms with Crippen molar-refractivity contribution in [3.05, 3.63) is 35.4 Å². The molecule has 0 bridgehead atoms. The number of carboxylic acid groups (broad SMARTS) is 1. The largest absolute Gasteiger partial charge is 0.478 e. The van der Waals surface area contributed by atoms with E-state index in [0.717, 1.165) is 25.2 Å². The molecule has 1 atom stereocenters. The lowest BCUT2D eigenvalue weighted by Gasteiger charge is -2.24. The number of carbonyl (C=O) groups is 1. The third-order valence-electron chi connectivity index (χ3n) is 3.60. The zero-order valence-electron chi connectivity index (χ0n) is 11.0. The Labute approximate surface area is 108 Å². The predicted octanol–water partition coefficient (Wildman–Crippen LogP) is 1.52. The van der Waals surface area contributed by atoms with Crippen LogP contribution in [0.4, 0.5) is 0 Å².